The largest absolute Gasteiger partial charge is 0.478 e. The monoisotopic (exact) mass is 266 g/mol. The van der Waals surface area contributed by atoms with E-state index in [1.807, 2.05) is 0 Å². The van der Waals surface area contributed by atoms with Crippen molar-refractivity contribution in [1.29, 1.82) is 0 Å². The van der Waals surface area contributed by atoms with Gasteiger partial charge in [0.1, 0.15) is 5.82 Å². The first-order valence-electron chi connectivity index (χ1n) is 6.54. The van der Waals surface area contributed by atoms with Gasteiger partial charge in [0.2, 0.25) is 0 Å². The Balaban J connectivity index is 2.06. The van der Waals surface area contributed by atoms with Crippen LogP contribution in [0.15, 0.2) is 18.2 Å². The van der Waals surface area contributed by atoms with Gasteiger partial charge in [-0.2, -0.15) is 0 Å². The Morgan fingerprint density at radius 2 is 2.21 bits per heavy atom. The number of nitrogens with zero attached hydrogens (tertiary/aromatic N) is 1. The molecule has 0 amide bonds. The van der Waals surface area contributed by atoms with Gasteiger partial charge in [0, 0.05) is 11.7 Å². The predicted octanol–water partition coefficient (Wildman–Crippen LogP) is 2.42. The van der Waals surface area contributed by atoms with E-state index in [1.54, 1.807) is 6.07 Å². The summed E-state index contributed by atoms with van der Waals surface area (Å²) in [6.07, 6.45) is 3.17. The van der Waals surface area contributed by atoms with E-state index in [4.69, 9.17) is 5.11 Å². The van der Waals surface area contributed by atoms with Crippen molar-refractivity contribution >= 4 is 11.7 Å². The molecule has 19 heavy (non-hydrogen) atoms. The summed E-state index contributed by atoms with van der Waals surface area (Å²) in [5.74, 6) is -1.93. The molecule has 0 radical (unpaired) electrons. The molecule has 1 aromatic rings. The normalized spacial score (nSPS) is 20.8. The molecule has 0 aliphatic carbocycles. The number of aromatic carboxylic acids is 1. The zero-order valence-electron chi connectivity index (χ0n) is 11.0. The summed E-state index contributed by atoms with van der Waals surface area (Å²) in [5.41, 5.74) is 0.393. The summed E-state index contributed by atoms with van der Waals surface area (Å²) in [6, 6.07) is 4.48. The lowest BCUT2D eigenvalue weighted by Gasteiger charge is -2.18. The number of hydrogen-bond donors (Lipinski definition) is 2. The van der Waals surface area contributed by atoms with Gasteiger partial charge in [0.25, 0.3) is 0 Å². The number of carboxylic acid groups (broad SMARTS) is 1. The summed E-state index contributed by atoms with van der Waals surface area (Å²) in [5, 5.41) is 12.2. The van der Waals surface area contributed by atoms with E-state index in [1.165, 1.54) is 12.1 Å². The molecule has 0 spiro atoms. The van der Waals surface area contributed by atoms with Crippen LogP contribution in [-0.4, -0.2) is 42.2 Å². The molecule has 0 aromatic heterocycles. The van der Waals surface area contributed by atoms with Crippen molar-refractivity contribution in [3.8, 4) is 0 Å². The highest BCUT2D eigenvalue weighted by atomic mass is 19.1. The number of likely N-dealkylation sites (tertiary alicyclic amines) is 1. The van der Waals surface area contributed by atoms with Gasteiger partial charge in [-0.3, -0.25) is 0 Å². The number of benzene rings is 1. The Morgan fingerprint density at radius 1 is 1.42 bits per heavy atom. The Labute approximate surface area is 112 Å². The van der Waals surface area contributed by atoms with E-state index in [-0.39, 0.29) is 5.56 Å². The van der Waals surface area contributed by atoms with Crippen molar-refractivity contribution in [2.75, 3.05) is 25.5 Å². The van der Waals surface area contributed by atoms with Crippen molar-refractivity contribution in [3.63, 3.8) is 0 Å². The molecule has 5 heteroatoms. The van der Waals surface area contributed by atoms with Gasteiger partial charge in [-0.1, -0.05) is 0 Å². The maximum atomic E-state index is 13.3. The summed E-state index contributed by atoms with van der Waals surface area (Å²) in [7, 11) is 2.10. The van der Waals surface area contributed by atoms with Crippen LogP contribution in [0.2, 0.25) is 0 Å². The molecular formula is C14H19FN2O2. The molecule has 1 heterocycles. The third-order valence-corrected chi connectivity index (χ3v) is 3.52. The van der Waals surface area contributed by atoms with Crippen LogP contribution < -0.4 is 5.32 Å². The lowest BCUT2D eigenvalue weighted by atomic mass is 10.1. The van der Waals surface area contributed by atoms with Crippen LogP contribution in [0.4, 0.5) is 10.1 Å². The van der Waals surface area contributed by atoms with Gasteiger partial charge in [0.15, 0.2) is 0 Å². The molecule has 1 aromatic carbocycles. The van der Waals surface area contributed by atoms with E-state index in [9.17, 15) is 9.18 Å². The molecule has 1 atom stereocenters. The summed E-state index contributed by atoms with van der Waals surface area (Å²) in [6.45, 7) is 2.10. The van der Waals surface area contributed by atoms with E-state index >= 15 is 0 Å². The average Bonchev–Trinajstić information content (AvgIpc) is 2.56. The van der Waals surface area contributed by atoms with E-state index in [0.29, 0.717) is 11.7 Å². The van der Waals surface area contributed by atoms with Crippen molar-refractivity contribution in [1.82, 2.24) is 4.90 Å². The quantitative estimate of drug-likeness (QED) is 0.882. The van der Waals surface area contributed by atoms with Crippen LogP contribution in [0, 0.1) is 5.82 Å². The second-order valence-electron chi connectivity index (χ2n) is 5.08. The molecule has 2 N–H and O–H groups in total. The van der Waals surface area contributed by atoms with Gasteiger partial charge in [0.05, 0.1) is 5.56 Å². The fourth-order valence-corrected chi connectivity index (χ4v) is 2.40. The molecule has 1 fully saturated rings. The zero-order valence-corrected chi connectivity index (χ0v) is 11.0. The SMILES string of the molecule is CN1CCCC(Nc2ccc(F)c(C(=O)O)c2)CC1. The van der Waals surface area contributed by atoms with Crippen LogP contribution in [0.25, 0.3) is 0 Å². The minimum Gasteiger partial charge on any atom is -0.478 e. The maximum Gasteiger partial charge on any atom is 0.338 e. The average molecular weight is 266 g/mol. The predicted molar refractivity (Wildman–Crippen MR) is 72.1 cm³/mol. The zero-order chi connectivity index (χ0) is 13.8. The van der Waals surface area contributed by atoms with Gasteiger partial charge in [-0.05, 0) is 57.6 Å². The summed E-state index contributed by atoms with van der Waals surface area (Å²) >= 11 is 0. The highest BCUT2D eigenvalue weighted by molar-refractivity contribution is 5.89. The highest BCUT2D eigenvalue weighted by Crippen LogP contribution is 2.19. The Kier molecular flexibility index (Phi) is 4.37. The minimum absolute atomic E-state index is 0.282. The van der Waals surface area contributed by atoms with Crippen LogP contribution in [-0.2, 0) is 0 Å². The molecule has 2 rings (SSSR count). The van der Waals surface area contributed by atoms with Crippen molar-refractivity contribution in [2.45, 2.75) is 25.3 Å². The lowest BCUT2D eigenvalue weighted by molar-refractivity contribution is 0.0692. The molecule has 0 bridgehead atoms. The van der Waals surface area contributed by atoms with Gasteiger partial charge >= 0.3 is 5.97 Å². The van der Waals surface area contributed by atoms with Crippen LogP contribution in [0.3, 0.4) is 0 Å². The third-order valence-electron chi connectivity index (χ3n) is 3.52. The second kappa shape index (κ2) is 6.02. The first kappa shape index (κ1) is 13.8. The Morgan fingerprint density at radius 3 is 2.95 bits per heavy atom. The molecule has 1 saturated heterocycles. The number of carboxylic acids is 1. The van der Waals surface area contributed by atoms with E-state index < -0.39 is 11.8 Å². The second-order valence-corrected chi connectivity index (χ2v) is 5.08. The molecule has 4 nitrogen and oxygen atoms in total. The summed E-state index contributed by atoms with van der Waals surface area (Å²) < 4.78 is 13.3. The fourth-order valence-electron chi connectivity index (χ4n) is 2.40. The number of carbonyl (C=O) groups is 1. The number of anilines is 1. The van der Waals surface area contributed by atoms with Crippen molar-refractivity contribution in [3.05, 3.63) is 29.6 Å². The molecule has 0 saturated carbocycles. The smallest absolute Gasteiger partial charge is 0.338 e. The number of nitrogens with one attached hydrogen (secondary N) is 1. The van der Waals surface area contributed by atoms with Gasteiger partial charge in [-0.15, -0.1) is 0 Å². The number of rotatable bonds is 3. The van der Waals surface area contributed by atoms with Crippen molar-refractivity contribution < 1.29 is 14.3 Å². The third kappa shape index (κ3) is 3.67. The summed E-state index contributed by atoms with van der Waals surface area (Å²) in [4.78, 5) is 13.2. The molecule has 104 valence electrons. The van der Waals surface area contributed by atoms with Crippen LogP contribution in [0.1, 0.15) is 29.6 Å². The van der Waals surface area contributed by atoms with Gasteiger partial charge in [-0.25, -0.2) is 9.18 Å². The van der Waals surface area contributed by atoms with E-state index in [0.717, 1.165) is 32.4 Å². The number of hydrogen-bond acceptors (Lipinski definition) is 3. The molecule has 1 aliphatic heterocycles. The maximum absolute atomic E-state index is 13.3. The molecule has 1 unspecified atom stereocenters. The fraction of sp³-hybridized carbons (Fsp3) is 0.500. The Bertz CT molecular complexity index is 465. The molecule has 1 aliphatic rings. The minimum atomic E-state index is -1.23. The standard InChI is InChI=1S/C14H19FN2O2/c1-17-7-2-3-10(6-8-17)16-11-4-5-13(15)12(9-11)14(18)19/h4-5,9-10,16H,2-3,6-8H2,1H3,(H,18,19). The van der Waals surface area contributed by atoms with Crippen LogP contribution in [0.5, 0.6) is 0 Å². The highest BCUT2D eigenvalue weighted by Gasteiger charge is 2.16. The first-order valence-corrected chi connectivity index (χ1v) is 6.54. The lowest BCUT2D eigenvalue weighted by Crippen LogP contribution is -2.23. The number of halogens is 1. The van der Waals surface area contributed by atoms with Crippen LogP contribution >= 0.6 is 0 Å². The van der Waals surface area contributed by atoms with Gasteiger partial charge < -0.3 is 15.3 Å². The topological polar surface area (TPSA) is 52.6 Å². The Hall–Kier alpha value is -1.62. The van der Waals surface area contributed by atoms with E-state index in [2.05, 4.69) is 17.3 Å². The van der Waals surface area contributed by atoms with Crippen molar-refractivity contribution in [2.24, 2.45) is 0 Å². The first-order chi connectivity index (χ1) is 9.06. The molecular weight excluding hydrogens is 247 g/mol.